The number of hydrogen-bond donors (Lipinski definition) is 2. The number of nitrogens with one attached hydrogen (secondary N) is 1. The Morgan fingerprint density at radius 3 is 2.65 bits per heavy atom. The number of hydrogen-bond acceptors (Lipinski definition) is 7. The zero-order valence-corrected chi connectivity index (χ0v) is 17.3. The smallest absolute Gasteiger partial charge is 0.298 e. The summed E-state index contributed by atoms with van der Waals surface area (Å²) in [5, 5.41) is 13.0. The van der Waals surface area contributed by atoms with Gasteiger partial charge in [0.25, 0.3) is 17.5 Å². The van der Waals surface area contributed by atoms with Gasteiger partial charge in [0.15, 0.2) is 5.69 Å². The van der Waals surface area contributed by atoms with E-state index in [9.17, 15) is 19.1 Å². The number of benzene rings is 1. The molecule has 1 amide bonds. The molecule has 0 spiro atoms. The number of nitrogens with zero attached hydrogens (tertiary/aromatic N) is 4. The van der Waals surface area contributed by atoms with Gasteiger partial charge < -0.3 is 19.7 Å². The molecule has 0 atom stereocenters. The van der Waals surface area contributed by atoms with Crippen molar-refractivity contribution in [2.24, 2.45) is 0 Å². The van der Waals surface area contributed by atoms with Gasteiger partial charge in [0, 0.05) is 19.6 Å². The fraction of sp³-hybridized carbons (Fsp3) is 0.333. The number of fused-ring (bicyclic) bond motifs is 1. The number of aromatic nitrogens is 3. The lowest BCUT2D eigenvalue weighted by atomic mass is 9.98. The summed E-state index contributed by atoms with van der Waals surface area (Å²) in [5.74, 6) is -0.846. The first kappa shape index (κ1) is 20.6. The second-order valence-corrected chi connectivity index (χ2v) is 7.86. The quantitative estimate of drug-likeness (QED) is 0.655. The normalized spacial score (nSPS) is 14.9. The van der Waals surface area contributed by atoms with E-state index < -0.39 is 22.8 Å². The van der Waals surface area contributed by atoms with E-state index in [0.717, 1.165) is 0 Å². The molecule has 1 aromatic carbocycles. The van der Waals surface area contributed by atoms with Gasteiger partial charge in [-0.3, -0.25) is 14.2 Å². The fourth-order valence-electron chi connectivity index (χ4n) is 3.65. The predicted octanol–water partition coefficient (Wildman–Crippen LogP) is 2.07. The minimum absolute atomic E-state index is 0.0871. The van der Waals surface area contributed by atoms with Crippen LogP contribution in [0.3, 0.4) is 0 Å². The minimum atomic E-state index is -0.839. The molecule has 0 unspecified atom stereocenters. The van der Waals surface area contributed by atoms with Crippen LogP contribution in [0, 0.1) is 12.7 Å². The molecule has 2 aromatic heterocycles. The summed E-state index contributed by atoms with van der Waals surface area (Å²) in [7, 11) is 0. The van der Waals surface area contributed by atoms with Crippen LogP contribution in [0.1, 0.15) is 41.5 Å². The lowest BCUT2D eigenvalue weighted by Crippen LogP contribution is -2.53. The lowest BCUT2D eigenvalue weighted by molar-refractivity contribution is 0.0941. The van der Waals surface area contributed by atoms with E-state index in [1.54, 1.807) is 13.1 Å². The Kier molecular flexibility index (Phi) is 5.00. The van der Waals surface area contributed by atoms with E-state index in [0.29, 0.717) is 29.7 Å². The highest BCUT2D eigenvalue weighted by atomic mass is 19.1. The van der Waals surface area contributed by atoms with Gasteiger partial charge in [-0.1, -0.05) is 12.1 Å². The summed E-state index contributed by atoms with van der Waals surface area (Å²) in [6.07, 6.45) is 1.60. The molecule has 3 aromatic rings. The molecule has 3 heterocycles. The van der Waals surface area contributed by atoms with Crippen molar-refractivity contribution < 1.29 is 18.7 Å². The second kappa shape index (κ2) is 7.53. The van der Waals surface area contributed by atoms with Gasteiger partial charge in [-0.15, -0.1) is 0 Å². The third-order valence-corrected chi connectivity index (χ3v) is 5.34. The van der Waals surface area contributed by atoms with E-state index in [2.05, 4.69) is 15.3 Å². The second-order valence-electron chi connectivity index (χ2n) is 7.86. The number of carbonyl (C=O) groups is 1. The number of oxazole rings is 1. The van der Waals surface area contributed by atoms with E-state index in [-0.39, 0.29) is 24.6 Å². The molecule has 9 nitrogen and oxygen atoms in total. The molecule has 1 aliphatic rings. The number of carbonyl (C=O) groups excluding carboxylic acids is 1. The van der Waals surface area contributed by atoms with Crippen molar-refractivity contribution >= 4 is 11.9 Å². The van der Waals surface area contributed by atoms with E-state index in [1.807, 2.05) is 18.7 Å². The Bertz CT molecular complexity index is 1200. The van der Waals surface area contributed by atoms with Crippen molar-refractivity contribution in [3.8, 4) is 5.75 Å². The predicted molar refractivity (Wildman–Crippen MR) is 109 cm³/mol. The first-order chi connectivity index (χ1) is 14.7. The highest BCUT2D eigenvalue weighted by Gasteiger charge is 2.41. The molecule has 0 saturated carbocycles. The highest BCUT2D eigenvalue weighted by molar-refractivity contribution is 5.94. The summed E-state index contributed by atoms with van der Waals surface area (Å²) < 4.78 is 20.1. The van der Waals surface area contributed by atoms with Crippen molar-refractivity contribution in [1.82, 2.24) is 19.9 Å². The molecule has 2 N–H and O–H groups in total. The summed E-state index contributed by atoms with van der Waals surface area (Å²) in [4.78, 5) is 36.0. The maximum atomic E-state index is 13.1. The maximum absolute atomic E-state index is 13.1. The van der Waals surface area contributed by atoms with Crippen molar-refractivity contribution in [3.05, 3.63) is 69.5 Å². The van der Waals surface area contributed by atoms with E-state index in [1.165, 1.54) is 28.8 Å². The third kappa shape index (κ3) is 3.65. The van der Waals surface area contributed by atoms with Crippen LogP contribution < -0.4 is 15.8 Å². The van der Waals surface area contributed by atoms with Crippen LogP contribution in [-0.2, 0) is 18.6 Å². The Hall–Kier alpha value is -3.69. The number of aromatic hydroxyl groups is 1. The summed E-state index contributed by atoms with van der Waals surface area (Å²) in [5.41, 5.74) is -1.23. The molecule has 0 bridgehead atoms. The minimum Gasteiger partial charge on any atom is -0.501 e. The van der Waals surface area contributed by atoms with Crippen LogP contribution in [0.5, 0.6) is 5.75 Å². The van der Waals surface area contributed by atoms with Crippen molar-refractivity contribution in [3.63, 3.8) is 0 Å². The number of amides is 1. The molecule has 0 aliphatic carbocycles. The Morgan fingerprint density at radius 2 is 2.00 bits per heavy atom. The fourth-order valence-corrected chi connectivity index (χ4v) is 3.65. The van der Waals surface area contributed by atoms with Gasteiger partial charge in [0.1, 0.15) is 17.4 Å². The summed E-state index contributed by atoms with van der Waals surface area (Å²) in [6.45, 7) is 6.20. The third-order valence-electron chi connectivity index (χ3n) is 5.34. The molecule has 0 saturated heterocycles. The van der Waals surface area contributed by atoms with Gasteiger partial charge in [-0.05, 0) is 38.5 Å². The van der Waals surface area contributed by atoms with Crippen molar-refractivity contribution in [2.75, 3.05) is 11.4 Å². The number of aryl methyl sites for hydroxylation is 1. The Labute approximate surface area is 177 Å². The summed E-state index contributed by atoms with van der Waals surface area (Å²) >= 11 is 0. The molecule has 0 radical (unpaired) electrons. The largest absolute Gasteiger partial charge is 0.501 e. The topological polar surface area (TPSA) is 113 Å². The van der Waals surface area contributed by atoms with E-state index >= 15 is 0 Å². The first-order valence-corrected chi connectivity index (χ1v) is 9.75. The van der Waals surface area contributed by atoms with Crippen LogP contribution in [0.2, 0.25) is 0 Å². The highest BCUT2D eigenvalue weighted by Crippen LogP contribution is 2.34. The molecule has 31 heavy (non-hydrogen) atoms. The van der Waals surface area contributed by atoms with Crippen LogP contribution in [0.25, 0.3) is 0 Å². The maximum Gasteiger partial charge on any atom is 0.298 e. The van der Waals surface area contributed by atoms with Gasteiger partial charge in [-0.2, -0.15) is 0 Å². The standard InChI is InChI=1S/C21H22FN5O4/c1-12-10-24-20(31-12)27-9-8-26-18(30)16(28)15(25-19(26)21(27,2)3)17(29)23-11-13-4-6-14(22)7-5-13/h4-7,10,28H,8-9,11H2,1-3H3,(H,23,29). The van der Waals surface area contributed by atoms with Gasteiger partial charge in [0.2, 0.25) is 5.75 Å². The molecule has 10 heteroatoms. The van der Waals surface area contributed by atoms with Gasteiger partial charge >= 0.3 is 0 Å². The van der Waals surface area contributed by atoms with Crippen LogP contribution >= 0.6 is 0 Å². The Balaban J connectivity index is 1.67. The number of anilines is 1. The summed E-state index contributed by atoms with van der Waals surface area (Å²) in [6, 6.07) is 6.01. The monoisotopic (exact) mass is 427 g/mol. The van der Waals surface area contributed by atoms with Gasteiger partial charge in [0.05, 0.1) is 11.7 Å². The van der Waals surface area contributed by atoms with Crippen LogP contribution in [0.4, 0.5) is 10.4 Å². The van der Waals surface area contributed by atoms with Crippen molar-refractivity contribution in [1.29, 1.82) is 0 Å². The van der Waals surface area contributed by atoms with Crippen LogP contribution in [-0.4, -0.2) is 32.1 Å². The van der Waals surface area contributed by atoms with E-state index in [4.69, 9.17) is 4.42 Å². The number of halogens is 1. The Morgan fingerprint density at radius 1 is 1.29 bits per heavy atom. The molecule has 0 fully saturated rings. The first-order valence-electron chi connectivity index (χ1n) is 9.75. The average Bonchev–Trinajstić information content (AvgIpc) is 3.15. The molecular formula is C21H22FN5O4. The molecule has 162 valence electrons. The van der Waals surface area contributed by atoms with Gasteiger partial charge in [-0.25, -0.2) is 14.4 Å². The SMILES string of the molecule is Cc1cnc(N2CCn3c(nc(C(=O)NCc4ccc(F)cc4)c(O)c3=O)C2(C)C)o1. The number of rotatable bonds is 4. The molecule has 4 rings (SSSR count). The van der Waals surface area contributed by atoms with Crippen molar-refractivity contribution in [2.45, 2.75) is 39.4 Å². The zero-order chi connectivity index (χ0) is 22.3. The lowest BCUT2D eigenvalue weighted by Gasteiger charge is -2.42. The molecule has 1 aliphatic heterocycles. The molecular weight excluding hydrogens is 405 g/mol. The average molecular weight is 427 g/mol. The zero-order valence-electron chi connectivity index (χ0n) is 17.3. The van der Waals surface area contributed by atoms with Crippen LogP contribution in [0.15, 0.2) is 39.7 Å².